The number of carbonyl (C=O) groups excluding carboxylic acids is 1. The van der Waals surface area contributed by atoms with Crippen LogP contribution >= 0.6 is 0 Å². The minimum Gasteiger partial charge on any atom is -0.505 e. The van der Waals surface area contributed by atoms with E-state index in [0.29, 0.717) is 6.54 Å². The van der Waals surface area contributed by atoms with Crippen LogP contribution in [0.15, 0.2) is 18.2 Å². The maximum Gasteiger partial charge on any atom is 0.255 e. The number of phenols is 1. The molecule has 4 heteroatoms. The van der Waals surface area contributed by atoms with E-state index in [1.54, 1.807) is 18.2 Å². The first-order valence-electron chi connectivity index (χ1n) is 7.38. The molecular formula is C16H26N2O2. The van der Waals surface area contributed by atoms with Crippen molar-refractivity contribution in [3.8, 4) is 5.75 Å². The smallest absolute Gasteiger partial charge is 0.255 e. The second-order valence-electron chi connectivity index (χ2n) is 5.60. The lowest BCUT2D eigenvalue weighted by atomic mass is 10.0. The van der Waals surface area contributed by atoms with Crippen molar-refractivity contribution < 1.29 is 9.90 Å². The van der Waals surface area contributed by atoms with Crippen LogP contribution in [0.2, 0.25) is 0 Å². The quantitative estimate of drug-likeness (QED) is 0.388. The molecule has 0 heterocycles. The Morgan fingerprint density at radius 3 is 2.65 bits per heavy atom. The summed E-state index contributed by atoms with van der Waals surface area (Å²) in [6.07, 6.45) is 5.81. The van der Waals surface area contributed by atoms with Crippen molar-refractivity contribution in [1.82, 2.24) is 5.32 Å². The summed E-state index contributed by atoms with van der Waals surface area (Å²) in [4.78, 5) is 11.9. The molecule has 0 bridgehead atoms. The van der Waals surface area contributed by atoms with Gasteiger partial charge in [0.2, 0.25) is 0 Å². The largest absolute Gasteiger partial charge is 0.505 e. The van der Waals surface area contributed by atoms with Crippen LogP contribution in [0.1, 0.15) is 56.3 Å². The van der Waals surface area contributed by atoms with Gasteiger partial charge < -0.3 is 16.2 Å². The van der Waals surface area contributed by atoms with Crippen LogP contribution in [0.25, 0.3) is 0 Å². The second kappa shape index (κ2) is 8.46. The molecule has 1 aromatic carbocycles. The highest BCUT2D eigenvalue weighted by atomic mass is 16.3. The van der Waals surface area contributed by atoms with Gasteiger partial charge in [-0.05, 0) is 24.5 Å². The van der Waals surface area contributed by atoms with Crippen LogP contribution in [-0.2, 0) is 0 Å². The first kappa shape index (κ1) is 16.3. The normalized spacial score (nSPS) is 10.8. The Hall–Kier alpha value is -1.71. The van der Waals surface area contributed by atoms with E-state index in [1.165, 1.54) is 19.3 Å². The first-order chi connectivity index (χ1) is 9.52. The standard InChI is InChI=1S/C16H26N2O2/c1-12(2)8-5-3-4-6-11-18-16(20)13-9-7-10-14(17)15(13)19/h7,9-10,12,19H,3-6,8,11,17H2,1-2H3,(H,18,20). The van der Waals surface area contributed by atoms with Gasteiger partial charge in [-0.25, -0.2) is 0 Å². The Balaban J connectivity index is 2.22. The third-order valence-corrected chi connectivity index (χ3v) is 3.31. The summed E-state index contributed by atoms with van der Waals surface area (Å²) in [6.45, 7) is 5.10. The van der Waals surface area contributed by atoms with Gasteiger partial charge in [0.1, 0.15) is 0 Å². The summed E-state index contributed by atoms with van der Waals surface area (Å²) in [5.74, 6) is 0.361. The molecule has 112 valence electrons. The van der Waals surface area contributed by atoms with Gasteiger partial charge in [0.15, 0.2) is 5.75 Å². The monoisotopic (exact) mass is 278 g/mol. The highest BCUT2D eigenvalue weighted by Crippen LogP contribution is 2.24. The molecule has 0 aromatic heterocycles. The number of rotatable bonds is 8. The number of nitrogens with one attached hydrogen (secondary N) is 1. The molecule has 0 fully saturated rings. The molecule has 1 amide bonds. The van der Waals surface area contributed by atoms with Gasteiger partial charge in [-0.1, -0.05) is 45.6 Å². The van der Waals surface area contributed by atoms with Gasteiger partial charge in [-0.15, -0.1) is 0 Å². The van der Waals surface area contributed by atoms with Gasteiger partial charge in [0.05, 0.1) is 11.3 Å². The van der Waals surface area contributed by atoms with Crippen LogP contribution in [-0.4, -0.2) is 17.6 Å². The highest BCUT2D eigenvalue weighted by molar-refractivity contribution is 5.98. The molecule has 1 aromatic rings. The van der Waals surface area contributed by atoms with Crippen molar-refractivity contribution in [2.45, 2.75) is 46.0 Å². The fraction of sp³-hybridized carbons (Fsp3) is 0.562. The number of aromatic hydroxyl groups is 1. The minimum absolute atomic E-state index is 0.137. The Morgan fingerprint density at radius 1 is 1.25 bits per heavy atom. The fourth-order valence-corrected chi connectivity index (χ4v) is 2.07. The number of benzene rings is 1. The minimum atomic E-state index is -0.267. The fourth-order valence-electron chi connectivity index (χ4n) is 2.07. The lowest BCUT2D eigenvalue weighted by Crippen LogP contribution is -2.24. The molecule has 0 aliphatic carbocycles. The van der Waals surface area contributed by atoms with Crippen LogP contribution in [0.4, 0.5) is 5.69 Å². The van der Waals surface area contributed by atoms with Crippen LogP contribution in [0.3, 0.4) is 0 Å². The SMILES string of the molecule is CC(C)CCCCCCNC(=O)c1cccc(N)c1O. The zero-order valence-corrected chi connectivity index (χ0v) is 12.5. The summed E-state index contributed by atoms with van der Waals surface area (Å²) in [5.41, 5.74) is 6.03. The number of unbranched alkanes of at least 4 members (excludes halogenated alkanes) is 3. The summed E-state index contributed by atoms with van der Waals surface area (Å²) in [5, 5.41) is 12.5. The molecule has 0 aliphatic heterocycles. The zero-order chi connectivity index (χ0) is 15.0. The van der Waals surface area contributed by atoms with Crippen molar-refractivity contribution in [3.63, 3.8) is 0 Å². The molecule has 20 heavy (non-hydrogen) atoms. The maximum atomic E-state index is 11.9. The number of nitrogens with two attached hydrogens (primary N) is 1. The number of amides is 1. The second-order valence-corrected chi connectivity index (χ2v) is 5.60. The Labute approximate surface area is 121 Å². The van der Waals surface area contributed by atoms with E-state index in [2.05, 4.69) is 19.2 Å². The average Bonchev–Trinajstić information content (AvgIpc) is 2.40. The van der Waals surface area contributed by atoms with E-state index in [-0.39, 0.29) is 22.9 Å². The average molecular weight is 278 g/mol. The molecule has 0 aliphatic rings. The molecule has 0 spiro atoms. The third kappa shape index (κ3) is 5.51. The van der Waals surface area contributed by atoms with E-state index < -0.39 is 0 Å². The lowest BCUT2D eigenvalue weighted by Gasteiger charge is -2.08. The predicted octanol–water partition coefficient (Wildman–Crippen LogP) is 3.31. The summed E-state index contributed by atoms with van der Waals surface area (Å²) >= 11 is 0. The number of nitrogen functional groups attached to an aromatic ring is 1. The topological polar surface area (TPSA) is 75.4 Å². The van der Waals surface area contributed by atoms with Crippen molar-refractivity contribution in [3.05, 3.63) is 23.8 Å². The van der Waals surface area contributed by atoms with Crippen molar-refractivity contribution in [2.75, 3.05) is 12.3 Å². The Bertz CT molecular complexity index is 430. The van der Waals surface area contributed by atoms with E-state index in [4.69, 9.17) is 5.73 Å². The van der Waals surface area contributed by atoms with Crippen LogP contribution in [0.5, 0.6) is 5.75 Å². The van der Waals surface area contributed by atoms with Crippen molar-refractivity contribution >= 4 is 11.6 Å². The van der Waals surface area contributed by atoms with Gasteiger partial charge in [-0.3, -0.25) is 4.79 Å². The molecular weight excluding hydrogens is 252 g/mol. The molecule has 0 unspecified atom stereocenters. The molecule has 4 nitrogen and oxygen atoms in total. The Kier molecular flexibility index (Phi) is 6.91. The molecule has 0 atom stereocenters. The van der Waals surface area contributed by atoms with Crippen molar-refractivity contribution in [1.29, 1.82) is 0 Å². The highest BCUT2D eigenvalue weighted by Gasteiger charge is 2.11. The summed E-state index contributed by atoms with van der Waals surface area (Å²) in [6, 6.07) is 4.81. The van der Waals surface area contributed by atoms with Gasteiger partial charge in [-0.2, -0.15) is 0 Å². The lowest BCUT2D eigenvalue weighted by molar-refractivity contribution is 0.0950. The molecule has 0 radical (unpaired) electrons. The van der Waals surface area contributed by atoms with Gasteiger partial charge in [0, 0.05) is 6.54 Å². The van der Waals surface area contributed by atoms with Crippen LogP contribution < -0.4 is 11.1 Å². The third-order valence-electron chi connectivity index (χ3n) is 3.31. The maximum absolute atomic E-state index is 11.9. The zero-order valence-electron chi connectivity index (χ0n) is 12.5. The molecule has 4 N–H and O–H groups in total. The number of hydrogen-bond acceptors (Lipinski definition) is 3. The number of para-hydroxylation sites is 1. The van der Waals surface area contributed by atoms with E-state index in [1.807, 2.05) is 0 Å². The molecule has 1 rings (SSSR count). The van der Waals surface area contributed by atoms with Gasteiger partial charge >= 0.3 is 0 Å². The Morgan fingerprint density at radius 2 is 1.95 bits per heavy atom. The summed E-state index contributed by atoms with van der Waals surface area (Å²) in [7, 11) is 0. The van der Waals surface area contributed by atoms with E-state index in [0.717, 1.165) is 18.8 Å². The first-order valence-corrected chi connectivity index (χ1v) is 7.38. The van der Waals surface area contributed by atoms with Gasteiger partial charge in [0.25, 0.3) is 5.91 Å². The van der Waals surface area contributed by atoms with Crippen molar-refractivity contribution in [2.24, 2.45) is 5.92 Å². The number of hydrogen-bond donors (Lipinski definition) is 3. The van der Waals surface area contributed by atoms with E-state index >= 15 is 0 Å². The van der Waals surface area contributed by atoms with E-state index in [9.17, 15) is 9.90 Å². The molecule has 0 saturated heterocycles. The number of anilines is 1. The predicted molar refractivity (Wildman–Crippen MR) is 82.8 cm³/mol. The number of phenolic OH excluding ortho intramolecular Hbond substituents is 1. The number of carbonyl (C=O) groups is 1. The molecule has 0 saturated carbocycles. The van der Waals surface area contributed by atoms with Crippen LogP contribution in [0, 0.1) is 5.92 Å². The summed E-state index contributed by atoms with van der Waals surface area (Å²) < 4.78 is 0.